The van der Waals surface area contributed by atoms with E-state index < -0.39 is 0 Å². The summed E-state index contributed by atoms with van der Waals surface area (Å²) in [6.45, 7) is 0. The highest BCUT2D eigenvalue weighted by Gasteiger charge is 1.86. The van der Waals surface area contributed by atoms with Gasteiger partial charge in [0.25, 0.3) is 0 Å². The lowest BCUT2D eigenvalue weighted by Gasteiger charge is -1.94. The Morgan fingerprint density at radius 1 is 0.818 bits per heavy atom. The summed E-state index contributed by atoms with van der Waals surface area (Å²) in [4.78, 5) is 0. The Bertz CT molecular complexity index is 89.6. The summed E-state index contributed by atoms with van der Waals surface area (Å²) in [5, 5.41) is 0. The third kappa shape index (κ3) is 10.3. The predicted octanol–water partition coefficient (Wildman–Crippen LogP) is 3.97. The number of allylic oxidation sites excluding steroid dienone is 2. The van der Waals surface area contributed by atoms with Gasteiger partial charge in [0.15, 0.2) is 0 Å². The highest BCUT2D eigenvalue weighted by Crippen LogP contribution is 2.04. The molecule has 0 spiro atoms. The smallest absolute Gasteiger partial charge is 0.0404 e. The SMILES string of the molecule is ClCC=CCCCCCCCl. The average Bonchev–Trinajstić information content (AvgIpc) is 2.03. The highest BCUT2D eigenvalue weighted by atomic mass is 35.5. The molecule has 0 bridgehead atoms. The first-order chi connectivity index (χ1) is 5.41. The third-order valence-corrected chi connectivity index (χ3v) is 1.96. The van der Waals surface area contributed by atoms with E-state index in [-0.39, 0.29) is 0 Å². The van der Waals surface area contributed by atoms with Gasteiger partial charge >= 0.3 is 0 Å². The molecule has 66 valence electrons. The van der Waals surface area contributed by atoms with Crippen molar-refractivity contribution in [2.24, 2.45) is 0 Å². The Morgan fingerprint density at radius 3 is 2.18 bits per heavy atom. The molecule has 0 aromatic rings. The number of unbranched alkanes of at least 4 members (excludes halogenated alkanes) is 4. The number of hydrogen-bond acceptors (Lipinski definition) is 0. The zero-order chi connectivity index (χ0) is 8.36. The van der Waals surface area contributed by atoms with Gasteiger partial charge in [0.05, 0.1) is 0 Å². The number of hydrogen-bond donors (Lipinski definition) is 0. The molecule has 0 amide bonds. The van der Waals surface area contributed by atoms with Crippen molar-refractivity contribution in [2.75, 3.05) is 11.8 Å². The second kappa shape index (κ2) is 10.3. The molecule has 0 rings (SSSR count). The molecule has 0 nitrogen and oxygen atoms in total. The molecule has 0 saturated carbocycles. The van der Waals surface area contributed by atoms with Crippen LogP contribution in [-0.4, -0.2) is 11.8 Å². The summed E-state index contributed by atoms with van der Waals surface area (Å²) in [6, 6.07) is 0. The second-order valence-corrected chi connectivity index (χ2v) is 3.20. The van der Waals surface area contributed by atoms with Crippen LogP contribution in [0.1, 0.15) is 32.1 Å². The molecule has 0 atom stereocenters. The van der Waals surface area contributed by atoms with Gasteiger partial charge in [-0.15, -0.1) is 23.2 Å². The van der Waals surface area contributed by atoms with Gasteiger partial charge in [-0.2, -0.15) is 0 Å². The number of rotatable bonds is 7. The van der Waals surface area contributed by atoms with Crippen LogP contribution >= 0.6 is 23.2 Å². The van der Waals surface area contributed by atoms with Crippen molar-refractivity contribution in [1.29, 1.82) is 0 Å². The molecular formula is C9H16Cl2. The Balaban J connectivity index is 2.85. The van der Waals surface area contributed by atoms with E-state index >= 15 is 0 Å². The average molecular weight is 195 g/mol. The molecule has 11 heavy (non-hydrogen) atoms. The van der Waals surface area contributed by atoms with Crippen molar-refractivity contribution in [3.8, 4) is 0 Å². The third-order valence-electron chi connectivity index (χ3n) is 1.51. The molecule has 0 aliphatic carbocycles. The predicted molar refractivity (Wildman–Crippen MR) is 53.7 cm³/mol. The zero-order valence-corrected chi connectivity index (χ0v) is 8.37. The minimum absolute atomic E-state index is 0.641. The Morgan fingerprint density at radius 2 is 1.55 bits per heavy atom. The van der Waals surface area contributed by atoms with E-state index in [2.05, 4.69) is 6.08 Å². The zero-order valence-electron chi connectivity index (χ0n) is 6.86. The summed E-state index contributed by atoms with van der Waals surface area (Å²) >= 11 is 11.0. The maximum atomic E-state index is 5.53. The number of alkyl halides is 2. The van der Waals surface area contributed by atoms with Gasteiger partial charge in [-0.05, 0) is 19.3 Å². The maximum absolute atomic E-state index is 5.53. The monoisotopic (exact) mass is 194 g/mol. The van der Waals surface area contributed by atoms with Gasteiger partial charge in [-0.1, -0.05) is 25.0 Å². The molecule has 0 aliphatic heterocycles. The topological polar surface area (TPSA) is 0 Å². The molecule has 0 aromatic carbocycles. The molecule has 0 N–H and O–H groups in total. The summed E-state index contributed by atoms with van der Waals surface area (Å²) in [6.07, 6.45) is 10.3. The Kier molecular flexibility index (Phi) is 10.6. The fourth-order valence-corrected chi connectivity index (χ4v) is 1.21. The minimum atomic E-state index is 0.641. The van der Waals surface area contributed by atoms with Gasteiger partial charge in [-0.25, -0.2) is 0 Å². The highest BCUT2D eigenvalue weighted by molar-refractivity contribution is 6.18. The van der Waals surface area contributed by atoms with Crippen LogP contribution in [0.4, 0.5) is 0 Å². The molecule has 0 aliphatic rings. The Labute approximate surface area is 79.6 Å². The van der Waals surface area contributed by atoms with E-state index in [9.17, 15) is 0 Å². The standard InChI is InChI=1S/C9H16Cl2/c10-8-6-4-2-1-3-5-7-9-11/h4,6H,1-3,5,7-9H2. The van der Waals surface area contributed by atoms with Crippen molar-refractivity contribution >= 4 is 23.2 Å². The van der Waals surface area contributed by atoms with E-state index in [0.717, 1.165) is 18.7 Å². The van der Waals surface area contributed by atoms with Gasteiger partial charge in [0.1, 0.15) is 0 Å². The molecule has 0 radical (unpaired) electrons. The molecule has 0 aromatic heterocycles. The lowest BCUT2D eigenvalue weighted by molar-refractivity contribution is 0.676. The summed E-state index contributed by atoms with van der Waals surface area (Å²) in [7, 11) is 0. The van der Waals surface area contributed by atoms with Crippen LogP contribution in [0, 0.1) is 0 Å². The first kappa shape index (κ1) is 11.3. The molecular weight excluding hydrogens is 179 g/mol. The largest absolute Gasteiger partial charge is 0.127 e. The van der Waals surface area contributed by atoms with Crippen LogP contribution in [-0.2, 0) is 0 Å². The minimum Gasteiger partial charge on any atom is -0.127 e. The van der Waals surface area contributed by atoms with Crippen molar-refractivity contribution < 1.29 is 0 Å². The van der Waals surface area contributed by atoms with E-state index in [1.807, 2.05) is 6.08 Å². The van der Waals surface area contributed by atoms with Crippen molar-refractivity contribution in [3.05, 3.63) is 12.2 Å². The van der Waals surface area contributed by atoms with E-state index in [4.69, 9.17) is 23.2 Å². The van der Waals surface area contributed by atoms with Crippen LogP contribution in [0.5, 0.6) is 0 Å². The fraction of sp³-hybridized carbons (Fsp3) is 0.778. The van der Waals surface area contributed by atoms with E-state index in [1.54, 1.807) is 0 Å². The van der Waals surface area contributed by atoms with Gasteiger partial charge in [0, 0.05) is 11.8 Å². The molecule has 0 fully saturated rings. The lowest BCUT2D eigenvalue weighted by atomic mass is 10.1. The first-order valence-corrected chi connectivity index (χ1v) is 5.25. The molecule has 0 unspecified atom stereocenters. The van der Waals surface area contributed by atoms with Crippen LogP contribution in [0.25, 0.3) is 0 Å². The van der Waals surface area contributed by atoms with Gasteiger partial charge in [0.2, 0.25) is 0 Å². The lowest BCUT2D eigenvalue weighted by Crippen LogP contribution is -1.78. The van der Waals surface area contributed by atoms with Gasteiger partial charge in [-0.3, -0.25) is 0 Å². The van der Waals surface area contributed by atoms with Crippen LogP contribution in [0.3, 0.4) is 0 Å². The summed E-state index contributed by atoms with van der Waals surface area (Å²) in [5.74, 6) is 1.44. The Hall–Kier alpha value is 0.320. The second-order valence-electron chi connectivity index (χ2n) is 2.52. The van der Waals surface area contributed by atoms with Crippen LogP contribution in [0.2, 0.25) is 0 Å². The van der Waals surface area contributed by atoms with Crippen molar-refractivity contribution in [3.63, 3.8) is 0 Å². The summed E-state index contributed by atoms with van der Waals surface area (Å²) in [5.41, 5.74) is 0. The van der Waals surface area contributed by atoms with E-state index in [1.165, 1.54) is 19.3 Å². The first-order valence-electron chi connectivity index (χ1n) is 4.18. The fourth-order valence-electron chi connectivity index (χ4n) is 0.891. The normalized spacial score (nSPS) is 11.1. The van der Waals surface area contributed by atoms with Crippen molar-refractivity contribution in [1.82, 2.24) is 0 Å². The van der Waals surface area contributed by atoms with Gasteiger partial charge < -0.3 is 0 Å². The number of halogens is 2. The maximum Gasteiger partial charge on any atom is 0.0404 e. The molecule has 2 heteroatoms. The van der Waals surface area contributed by atoms with E-state index in [0.29, 0.717) is 5.88 Å². The van der Waals surface area contributed by atoms with Crippen molar-refractivity contribution in [2.45, 2.75) is 32.1 Å². The van der Waals surface area contributed by atoms with Crippen LogP contribution in [0.15, 0.2) is 12.2 Å². The summed E-state index contributed by atoms with van der Waals surface area (Å²) < 4.78 is 0. The molecule has 0 saturated heterocycles. The van der Waals surface area contributed by atoms with Crippen LogP contribution < -0.4 is 0 Å². The molecule has 0 heterocycles. The quantitative estimate of drug-likeness (QED) is 0.327.